The number of H-pyrrole nitrogens is 1. The number of rotatable bonds is 5. The van der Waals surface area contributed by atoms with Crippen molar-refractivity contribution in [3.05, 3.63) is 36.0 Å². The summed E-state index contributed by atoms with van der Waals surface area (Å²) in [4.78, 5) is 38.5. The molecule has 126 valence electrons. The van der Waals surface area contributed by atoms with Gasteiger partial charge in [0.1, 0.15) is 6.04 Å². The van der Waals surface area contributed by atoms with Crippen LogP contribution in [0.1, 0.15) is 18.4 Å². The van der Waals surface area contributed by atoms with Gasteiger partial charge in [0.05, 0.1) is 7.11 Å². The van der Waals surface area contributed by atoms with Crippen molar-refractivity contribution >= 4 is 28.7 Å². The number of aromatic nitrogens is 1. The molecule has 3 rings (SSSR count). The molecule has 1 amide bonds. The monoisotopic (exact) mass is 330 g/mol. The van der Waals surface area contributed by atoms with Gasteiger partial charge in [-0.1, -0.05) is 18.2 Å². The predicted molar refractivity (Wildman–Crippen MR) is 85.1 cm³/mol. The maximum atomic E-state index is 12.2. The summed E-state index contributed by atoms with van der Waals surface area (Å²) < 4.78 is 9.72. The Hall–Kier alpha value is -2.83. The van der Waals surface area contributed by atoms with E-state index in [4.69, 9.17) is 9.47 Å². The van der Waals surface area contributed by atoms with Gasteiger partial charge in [0, 0.05) is 36.4 Å². The SMILES string of the molecule is COC(=O)[C@@H](Cc1c[nH]c2ccccc12)NC(=O)C1CCC(=O)O1. The van der Waals surface area contributed by atoms with Gasteiger partial charge < -0.3 is 19.8 Å². The quantitative estimate of drug-likeness (QED) is 0.799. The summed E-state index contributed by atoms with van der Waals surface area (Å²) in [5, 5.41) is 3.61. The second kappa shape index (κ2) is 6.74. The highest BCUT2D eigenvalue weighted by molar-refractivity contribution is 5.91. The van der Waals surface area contributed by atoms with Crippen LogP contribution in [-0.4, -0.2) is 42.1 Å². The second-order valence-electron chi connectivity index (χ2n) is 5.67. The van der Waals surface area contributed by atoms with Crippen molar-refractivity contribution < 1.29 is 23.9 Å². The van der Waals surface area contributed by atoms with Gasteiger partial charge >= 0.3 is 11.9 Å². The van der Waals surface area contributed by atoms with Gasteiger partial charge in [0.15, 0.2) is 6.10 Å². The Balaban J connectivity index is 1.75. The highest BCUT2D eigenvalue weighted by Gasteiger charge is 2.33. The van der Waals surface area contributed by atoms with E-state index >= 15 is 0 Å². The lowest BCUT2D eigenvalue weighted by molar-refractivity contribution is -0.150. The average molecular weight is 330 g/mol. The van der Waals surface area contributed by atoms with Crippen LogP contribution in [-0.2, 0) is 30.3 Å². The zero-order valence-electron chi connectivity index (χ0n) is 13.2. The van der Waals surface area contributed by atoms with Crippen molar-refractivity contribution in [3.8, 4) is 0 Å². The lowest BCUT2D eigenvalue weighted by Crippen LogP contribution is -2.47. The van der Waals surface area contributed by atoms with Gasteiger partial charge in [-0.3, -0.25) is 9.59 Å². The molecule has 1 saturated heterocycles. The van der Waals surface area contributed by atoms with Crippen LogP contribution in [0.4, 0.5) is 0 Å². The van der Waals surface area contributed by atoms with Crippen molar-refractivity contribution in [1.29, 1.82) is 0 Å². The summed E-state index contributed by atoms with van der Waals surface area (Å²) in [6, 6.07) is 6.85. The first-order valence-corrected chi connectivity index (χ1v) is 7.71. The van der Waals surface area contributed by atoms with E-state index in [1.165, 1.54) is 7.11 Å². The molecule has 2 atom stereocenters. The van der Waals surface area contributed by atoms with Crippen LogP contribution < -0.4 is 5.32 Å². The molecule has 7 nitrogen and oxygen atoms in total. The van der Waals surface area contributed by atoms with E-state index in [9.17, 15) is 14.4 Å². The maximum Gasteiger partial charge on any atom is 0.328 e. The molecule has 1 aromatic carbocycles. The minimum absolute atomic E-state index is 0.212. The fourth-order valence-corrected chi connectivity index (χ4v) is 2.83. The Morgan fingerprint density at radius 1 is 1.42 bits per heavy atom. The highest BCUT2D eigenvalue weighted by atomic mass is 16.6. The lowest BCUT2D eigenvalue weighted by Gasteiger charge is -2.18. The number of carbonyl (C=O) groups is 3. The number of aromatic amines is 1. The molecular formula is C17H18N2O5. The third-order valence-corrected chi connectivity index (χ3v) is 4.08. The topological polar surface area (TPSA) is 97.5 Å². The minimum atomic E-state index is -0.846. The van der Waals surface area contributed by atoms with E-state index in [1.807, 2.05) is 30.5 Å². The molecule has 24 heavy (non-hydrogen) atoms. The first kappa shape index (κ1) is 16.0. The van der Waals surface area contributed by atoms with Gasteiger partial charge in [-0.15, -0.1) is 0 Å². The number of ether oxygens (including phenoxy) is 2. The Morgan fingerprint density at radius 3 is 2.92 bits per heavy atom. The van der Waals surface area contributed by atoms with E-state index < -0.39 is 30.0 Å². The number of para-hydroxylation sites is 1. The molecular weight excluding hydrogens is 312 g/mol. The third-order valence-electron chi connectivity index (χ3n) is 4.08. The van der Waals surface area contributed by atoms with Crippen molar-refractivity contribution in [2.45, 2.75) is 31.4 Å². The average Bonchev–Trinajstić information content (AvgIpc) is 3.20. The molecule has 2 aromatic rings. The molecule has 2 heterocycles. The molecule has 7 heteroatoms. The third kappa shape index (κ3) is 3.24. The van der Waals surface area contributed by atoms with Crippen molar-refractivity contribution in [3.63, 3.8) is 0 Å². The number of fused-ring (bicyclic) bond motifs is 1. The highest BCUT2D eigenvalue weighted by Crippen LogP contribution is 2.20. The number of nitrogens with one attached hydrogen (secondary N) is 2. The predicted octanol–water partition coefficient (Wildman–Crippen LogP) is 1.07. The van der Waals surface area contributed by atoms with Crippen molar-refractivity contribution in [1.82, 2.24) is 10.3 Å². The van der Waals surface area contributed by atoms with E-state index in [0.717, 1.165) is 16.5 Å². The Morgan fingerprint density at radius 2 is 2.21 bits per heavy atom. The molecule has 1 unspecified atom stereocenters. The summed E-state index contributed by atoms with van der Waals surface area (Å²) in [5.74, 6) is -1.42. The molecule has 0 aliphatic carbocycles. The largest absolute Gasteiger partial charge is 0.467 e. The van der Waals surface area contributed by atoms with Gasteiger partial charge in [-0.2, -0.15) is 0 Å². The number of cyclic esters (lactones) is 1. The molecule has 0 bridgehead atoms. The first-order valence-electron chi connectivity index (χ1n) is 7.71. The summed E-state index contributed by atoms with van der Waals surface area (Å²) in [7, 11) is 1.27. The molecule has 2 N–H and O–H groups in total. The number of esters is 2. The summed E-state index contributed by atoms with van der Waals surface area (Å²) in [5.41, 5.74) is 1.84. The maximum absolute atomic E-state index is 12.2. The summed E-state index contributed by atoms with van der Waals surface area (Å²) in [6.45, 7) is 0. The molecule has 1 aliphatic rings. The number of methoxy groups -OCH3 is 1. The summed E-state index contributed by atoms with van der Waals surface area (Å²) in [6.07, 6.45) is 1.79. The van der Waals surface area contributed by atoms with Crippen LogP contribution in [0.3, 0.4) is 0 Å². The van der Waals surface area contributed by atoms with Crippen LogP contribution in [0.2, 0.25) is 0 Å². The van der Waals surface area contributed by atoms with Crippen LogP contribution in [0, 0.1) is 0 Å². The Bertz CT molecular complexity index is 782. The number of benzene rings is 1. The van der Waals surface area contributed by atoms with Crippen molar-refractivity contribution in [2.24, 2.45) is 0 Å². The van der Waals surface area contributed by atoms with E-state index in [1.54, 1.807) is 0 Å². The molecule has 1 aliphatic heterocycles. The van der Waals surface area contributed by atoms with Gasteiger partial charge in [0.25, 0.3) is 5.91 Å². The first-order chi connectivity index (χ1) is 11.6. The van der Waals surface area contributed by atoms with E-state index in [0.29, 0.717) is 6.42 Å². The zero-order valence-corrected chi connectivity index (χ0v) is 13.2. The lowest BCUT2D eigenvalue weighted by atomic mass is 10.0. The molecule has 0 spiro atoms. The molecule has 0 radical (unpaired) electrons. The standard InChI is InChI=1S/C17H18N2O5/c1-23-17(22)13(19-16(21)14-6-7-15(20)24-14)8-10-9-18-12-5-3-2-4-11(10)12/h2-5,9,13-14,18H,6-8H2,1H3,(H,19,21)/t13-,14?/m1/s1. The number of carbonyl (C=O) groups excluding carboxylic acids is 3. The number of hydrogen-bond donors (Lipinski definition) is 2. The van der Waals surface area contributed by atoms with Crippen LogP contribution >= 0.6 is 0 Å². The Labute approximate surface area is 138 Å². The second-order valence-corrected chi connectivity index (χ2v) is 5.67. The van der Waals surface area contributed by atoms with Crippen LogP contribution in [0.25, 0.3) is 10.9 Å². The fraction of sp³-hybridized carbons (Fsp3) is 0.353. The van der Waals surface area contributed by atoms with E-state index in [-0.39, 0.29) is 12.8 Å². The number of hydrogen-bond acceptors (Lipinski definition) is 5. The molecule has 0 saturated carbocycles. The fourth-order valence-electron chi connectivity index (χ4n) is 2.83. The molecule has 1 fully saturated rings. The van der Waals surface area contributed by atoms with Crippen molar-refractivity contribution in [2.75, 3.05) is 7.11 Å². The van der Waals surface area contributed by atoms with Crippen LogP contribution in [0.15, 0.2) is 30.5 Å². The van der Waals surface area contributed by atoms with E-state index in [2.05, 4.69) is 10.3 Å². The molecule has 1 aromatic heterocycles. The van der Waals surface area contributed by atoms with Gasteiger partial charge in [-0.25, -0.2) is 4.79 Å². The smallest absolute Gasteiger partial charge is 0.328 e. The van der Waals surface area contributed by atoms with Gasteiger partial charge in [-0.05, 0) is 11.6 Å². The van der Waals surface area contributed by atoms with Crippen LogP contribution in [0.5, 0.6) is 0 Å². The number of amides is 1. The minimum Gasteiger partial charge on any atom is -0.467 e. The van der Waals surface area contributed by atoms with Gasteiger partial charge in [0.2, 0.25) is 0 Å². The Kier molecular flexibility index (Phi) is 4.50. The normalized spacial score (nSPS) is 18.2. The summed E-state index contributed by atoms with van der Waals surface area (Å²) >= 11 is 0. The zero-order chi connectivity index (χ0) is 17.1.